The van der Waals surface area contributed by atoms with Crippen LogP contribution in [0.3, 0.4) is 0 Å². The number of hydrogen-bond donors (Lipinski definition) is 1. The summed E-state index contributed by atoms with van der Waals surface area (Å²) in [5.74, 6) is -0.339. The molecule has 1 aromatic rings. The largest absolute Gasteiger partial charge is 0.434 e. The standard InChI is InChI=1S/C10H13F3N2O2S/c1-17-5-3-2-4-8(16)15-9-14-7(6-18-9)10(11,12)13/h6H,2-5H2,1H3,(H,14,15,16). The number of amides is 1. The van der Waals surface area contributed by atoms with Crippen molar-refractivity contribution in [2.75, 3.05) is 19.0 Å². The van der Waals surface area contributed by atoms with Gasteiger partial charge >= 0.3 is 6.18 Å². The Morgan fingerprint density at radius 1 is 1.50 bits per heavy atom. The summed E-state index contributed by atoms with van der Waals surface area (Å²) in [4.78, 5) is 14.7. The van der Waals surface area contributed by atoms with Crippen LogP contribution in [0.1, 0.15) is 25.0 Å². The van der Waals surface area contributed by atoms with Crippen molar-refractivity contribution in [1.82, 2.24) is 4.98 Å². The highest BCUT2D eigenvalue weighted by molar-refractivity contribution is 7.13. The van der Waals surface area contributed by atoms with Crippen LogP contribution in [-0.2, 0) is 15.7 Å². The average Bonchev–Trinajstić information content (AvgIpc) is 2.72. The maximum absolute atomic E-state index is 12.2. The zero-order valence-corrected chi connectivity index (χ0v) is 10.5. The average molecular weight is 282 g/mol. The molecule has 0 aliphatic heterocycles. The first kappa shape index (κ1) is 14.9. The van der Waals surface area contributed by atoms with Crippen LogP contribution in [0.25, 0.3) is 0 Å². The molecule has 0 atom stereocenters. The van der Waals surface area contributed by atoms with Gasteiger partial charge in [0.2, 0.25) is 5.91 Å². The molecule has 1 N–H and O–H groups in total. The van der Waals surface area contributed by atoms with Gasteiger partial charge in [-0.15, -0.1) is 11.3 Å². The number of anilines is 1. The Balaban J connectivity index is 2.38. The van der Waals surface area contributed by atoms with Crippen molar-refractivity contribution in [1.29, 1.82) is 0 Å². The van der Waals surface area contributed by atoms with Crippen molar-refractivity contribution in [2.24, 2.45) is 0 Å². The summed E-state index contributed by atoms with van der Waals surface area (Å²) in [5, 5.41) is 3.19. The lowest BCUT2D eigenvalue weighted by Crippen LogP contribution is -2.12. The Hall–Kier alpha value is -1.15. The number of carbonyl (C=O) groups excluding carboxylic acids is 1. The summed E-state index contributed by atoms with van der Waals surface area (Å²) >= 11 is 0.761. The number of nitrogens with one attached hydrogen (secondary N) is 1. The lowest BCUT2D eigenvalue weighted by atomic mass is 10.2. The first-order valence-corrected chi connectivity index (χ1v) is 6.13. The third-order valence-electron chi connectivity index (χ3n) is 2.04. The number of hydrogen-bond acceptors (Lipinski definition) is 4. The number of carbonyl (C=O) groups is 1. The number of nitrogens with zero attached hydrogens (tertiary/aromatic N) is 1. The van der Waals surface area contributed by atoms with E-state index in [1.807, 2.05) is 0 Å². The minimum atomic E-state index is -4.47. The van der Waals surface area contributed by atoms with E-state index < -0.39 is 11.9 Å². The lowest BCUT2D eigenvalue weighted by molar-refractivity contribution is -0.140. The summed E-state index contributed by atoms with van der Waals surface area (Å²) in [7, 11) is 1.56. The molecule has 0 radical (unpaired) electrons. The van der Waals surface area contributed by atoms with Gasteiger partial charge in [-0.3, -0.25) is 4.79 Å². The van der Waals surface area contributed by atoms with E-state index in [4.69, 9.17) is 4.74 Å². The SMILES string of the molecule is COCCCCC(=O)Nc1nc(C(F)(F)F)cs1. The normalized spacial score (nSPS) is 11.6. The van der Waals surface area contributed by atoms with Crippen LogP contribution in [0, 0.1) is 0 Å². The second-order valence-electron chi connectivity index (χ2n) is 3.53. The van der Waals surface area contributed by atoms with Gasteiger partial charge in [0.15, 0.2) is 10.8 Å². The number of unbranched alkanes of at least 4 members (excludes halogenated alkanes) is 1. The number of ether oxygens (including phenoxy) is 1. The number of halogens is 3. The maximum Gasteiger partial charge on any atom is 0.434 e. The van der Waals surface area contributed by atoms with Crippen molar-refractivity contribution in [3.05, 3.63) is 11.1 Å². The van der Waals surface area contributed by atoms with Crippen LogP contribution in [0.2, 0.25) is 0 Å². The molecular formula is C10H13F3N2O2S. The zero-order chi connectivity index (χ0) is 13.6. The zero-order valence-electron chi connectivity index (χ0n) is 9.71. The van der Waals surface area contributed by atoms with E-state index in [-0.39, 0.29) is 17.5 Å². The van der Waals surface area contributed by atoms with E-state index in [0.717, 1.165) is 23.1 Å². The van der Waals surface area contributed by atoms with Crippen LogP contribution in [-0.4, -0.2) is 24.6 Å². The Morgan fingerprint density at radius 2 is 2.22 bits per heavy atom. The van der Waals surface area contributed by atoms with Gasteiger partial charge in [-0.1, -0.05) is 0 Å². The fourth-order valence-electron chi connectivity index (χ4n) is 1.18. The molecule has 0 unspecified atom stereocenters. The highest BCUT2D eigenvalue weighted by Gasteiger charge is 2.33. The van der Waals surface area contributed by atoms with Crippen molar-refractivity contribution >= 4 is 22.4 Å². The Kier molecular flexibility index (Phi) is 5.54. The molecule has 0 bridgehead atoms. The van der Waals surface area contributed by atoms with Crippen LogP contribution in [0.4, 0.5) is 18.3 Å². The Morgan fingerprint density at radius 3 is 2.78 bits per heavy atom. The van der Waals surface area contributed by atoms with Gasteiger partial charge in [-0.25, -0.2) is 4.98 Å². The van der Waals surface area contributed by atoms with E-state index in [2.05, 4.69) is 10.3 Å². The summed E-state index contributed by atoms with van der Waals surface area (Å²) in [6, 6.07) is 0. The maximum atomic E-state index is 12.2. The van der Waals surface area contributed by atoms with Gasteiger partial charge in [-0.05, 0) is 12.8 Å². The number of rotatable bonds is 6. The predicted octanol–water partition coefficient (Wildman–Crippen LogP) is 2.92. The molecule has 4 nitrogen and oxygen atoms in total. The first-order chi connectivity index (χ1) is 8.43. The molecule has 0 aromatic carbocycles. The molecule has 102 valence electrons. The monoisotopic (exact) mass is 282 g/mol. The molecule has 0 spiro atoms. The summed E-state index contributed by atoms with van der Waals surface area (Å²) in [5.41, 5.74) is -0.984. The predicted molar refractivity (Wildman–Crippen MR) is 61.5 cm³/mol. The molecule has 0 aliphatic carbocycles. The van der Waals surface area contributed by atoms with Gasteiger partial charge in [0, 0.05) is 25.5 Å². The summed E-state index contributed by atoms with van der Waals surface area (Å²) in [6.07, 6.45) is -2.88. The third kappa shape index (κ3) is 5.01. The number of alkyl halides is 3. The molecule has 1 heterocycles. The summed E-state index contributed by atoms with van der Waals surface area (Å²) < 4.78 is 41.5. The smallest absolute Gasteiger partial charge is 0.385 e. The summed E-state index contributed by atoms with van der Waals surface area (Å²) in [6.45, 7) is 0.558. The van der Waals surface area contributed by atoms with E-state index in [1.165, 1.54) is 0 Å². The minimum Gasteiger partial charge on any atom is -0.385 e. The first-order valence-electron chi connectivity index (χ1n) is 5.25. The van der Waals surface area contributed by atoms with Crippen molar-refractivity contribution < 1.29 is 22.7 Å². The van der Waals surface area contributed by atoms with E-state index in [9.17, 15) is 18.0 Å². The van der Waals surface area contributed by atoms with Crippen LogP contribution in [0.15, 0.2) is 5.38 Å². The quantitative estimate of drug-likeness (QED) is 0.816. The molecule has 0 aliphatic rings. The van der Waals surface area contributed by atoms with E-state index in [0.29, 0.717) is 13.0 Å². The number of aromatic nitrogens is 1. The topological polar surface area (TPSA) is 51.2 Å². The molecule has 18 heavy (non-hydrogen) atoms. The van der Waals surface area contributed by atoms with Gasteiger partial charge in [0.1, 0.15) is 0 Å². The van der Waals surface area contributed by atoms with E-state index >= 15 is 0 Å². The molecule has 1 aromatic heterocycles. The van der Waals surface area contributed by atoms with Gasteiger partial charge < -0.3 is 10.1 Å². The molecule has 1 amide bonds. The molecule has 0 saturated heterocycles. The third-order valence-corrected chi connectivity index (χ3v) is 2.80. The van der Waals surface area contributed by atoms with Crippen LogP contribution in [0.5, 0.6) is 0 Å². The van der Waals surface area contributed by atoms with Crippen molar-refractivity contribution in [2.45, 2.75) is 25.4 Å². The highest BCUT2D eigenvalue weighted by atomic mass is 32.1. The van der Waals surface area contributed by atoms with Gasteiger partial charge in [0.05, 0.1) is 0 Å². The molecule has 0 fully saturated rings. The second-order valence-corrected chi connectivity index (χ2v) is 4.39. The van der Waals surface area contributed by atoms with Crippen LogP contribution >= 0.6 is 11.3 Å². The number of methoxy groups -OCH3 is 1. The number of thiazole rings is 1. The molecule has 1 rings (SSSR count). The fraction of sp³-hybridized carbons (Fsp3) is 0.600. The second kappa shape index (κ2) is 6.69. The molecular weight excluding hydrogens is 269 g/mol. The minimum absolute atomic E-state index is 0.0286. The van der Waals surface area contributed by atoms with Crippen molar-refractivity contribution in [3.63, 3.8) is 0 Å². The highest BCUT2D eigenvalue weighted by Crippen LogP contribution is 2.31. The fourth-order valence-corrected chi connectivity index (χ4v) is 1.91. The lowest BCUT2D eigenvalue weighted by Gasteiger charge is -2.02. The van der Waals surface area contributed by atoms with E-state index in [1.54, 1.807) is 7.11 Å². The van der Waals surface area contributed by atoms with Crippen molar-refractivity contribution in [3.8, 4) is 0 Å². The van der Waals surface area contributed by atoms with Crippen LogP contribution < -0.4 is 5.32 Å². The van der Waals surface area contributed by atoms with Gasteiger partial charge in [-0.2, -0.15) is 13.2 Å². The Labute approximate surface area is 106 Å². The molecule has 0 saturated carbocycles. The molecule has 8 heteroatoms. The Bertz CT molecular complexity index is 393. The van der Waals surface area contributed by atoms with Gasteiger partial charge in [0.25, 0.3) is 0 Å².